The van der Waals surface area contributed by atoms with Crippen molar-refractivity contribution < 1.29 is 14.7 Å². The van der Waals surface area contributed by atoms with Crippen LogP contribution in [0.3, 0.4) is 0 Å². The second-order valence-electron chi connectivity index (χ2n) is 6.17. The molecule has 0 saturated carbocycles. The molecule has 1 fully saturated rings. The molecule has 1 aliphatic heterocycles. The highest BCUT2D eigenvalue weighted by molar-refractivity contribution is 5.80. The second-order valence-corrected chi connectivity index (χ2v) is 6.17. The summed E-state index contributed by atoms with van der Waals surface area (Å²) < 4.78 is 0. The zero-order valence-electron chi connectivity index (χ0n) is 13.5. The van der Waals surface area contributed by atoms with Crippen LogP contribution in [0.2, 0.25) is 0 Å². The topological polar surface area (TPSA) is 95.7 Å². The highest BCUT2D eigenvalue weighted by atomic mass is 16.3. The molecule has 1 heterocycles. The van der Waals surface area contributed by atoms with Gasteiger partial charge in [0.15, 0.2) is 0 Å². The van der Waals surface area contributed by atoms with E-state index < -0.39 is 0 Å². The highest BCUT2D eigenvalue weighted by Crippen LogP contribution is 2.16. The Kier molecular flexibility index (Phi) is 5.98. The Morgan fingerprint density at radius 2 is 1.96 bits per heavy atom. The first-order chi connectivity index (χ1) is 11.0. The molecule has 2 atom stereocenters. The van der Waals surface area contributed by atoms with Crippen molar-refractivity contribution in [3.8, 4) is 5.75 Å². The number of likely N-dealkylation sites (tertiary alicyclic amines) is 1. The molecule has 2 amide bonds. The standard InChI is InChI=1S/C17H25N3O3/c1-12(21)20-10-14(4-5-15(18)11-20)17(23)19-9-8-13-2-6-16(22)7-3-13/h2-3,6-7,14-15,22H,4-5,8-11,18H2,1H3,(H,19,23)/t14-,15+/m1/s1. The van der Waals surface area contributed by atoms with Gasteiger partial charge >= 0.3 is 0 Å². The first-order valence-corrected chi connectivity index (χ1v) is 8.02. The lowest BCUT2D eigenvalue weighted by molar-refractivity contribution is -0.131. The van der Waals surface area contributed by atoms with E-state index in [2.05, 4.69) is 5.32 Å². The number of hydrogen-bond donors (Lipinski definition) is 3. The van der Waals surface area contributed by atoms with Gasteiger partial charge in [0.1, 0.15) is 5.75 Å². The van der Waals surface area contributed by atoms with Crippen molar-refractivity contribution in [3.05, 3.63) is 29.8 Å². The molecular weight excluding hydrogens is 294 g/mol. The van der Waals surface area contributed by atoms with Crippen LogP contribution in [-0.2, 0) is 16.0 Å². The van der Waals surface area contributed by atoms with Crippen molar-refractivity contribution in [3.63, 3.8) is 0 Å². The fourth-order valence-electron chi connectivity index (χ4n) is 2.83. The fourth-order valence-corrected chi connectivity index (χ4v) is 2.83. The SMILES string of the molecule is CC(=O)N1C[C@@H](N)CC[C@@H](C(=O)NCCc2ccc(O)cc2)C1. The van der Waals surface area contributed by atoms with Gasteiger partial charge in [-0.3, -0.25) is 9.59 Å². The predicted octanol–water partition coefficient (Wildman–Crippen LogP) is 0.637. The van der Waals surface area contributed by atoms with Crippen molar-refractivity contribution in [2.45, 2.75) is 32.2 Å². The molecule has 1 aromatic carbocycles. The number of aromatic hydroxyl groups is 1. The van der Waals surface area contributed by atoms with Crippen LogP contribution >= 0.6 is 0 Å². The summed E-state index contributed by atoms with van der Waals surface area (Å²) in [5.41, 5.74) is 7.02. The van der Waals surface area contributed by atoms with Crippen LogP contribution in [-0.4, -0.2) is 47.5 Å². The Hall–Kier alpha value is -2.08. The molecule has 4 N–H and O–H groups in total. The maximum absolute atomic E-state index is 12.3. The number of phenolic OH excluding ortho intramolecular Hbond substituents is 1. The van der Waals surface area contributed by atoms with Gasteiger partial charge in [-0.05, 0) is 37.0 Å². The minimum absolute atomic E-state index is 0.0240. The molecule has 126 valence electrons. The molecule has 2 rings (SSSR count). The summed E-state index contributed by atoms with van der Waals surface area (Å²) >= 11 is 0. The van der Waals surface area contributed by atoms with Crippen LogP contribution in [0.25, 0.3) is 0 Å². The summed E-state index contributed by atoms with van der Waals surface area (Å²) in [5.74, 6) is -0.0301. The molecule has 1 aliphatic rings. The van der Waals surface area contributed by atoms with Crippen LogP contribution in [0.4, 0.5) is 0 Å². The quantitative estimate of drug-likeness (QED) is 0.759. The van der Waals surface area contributed by atoms with E-state index in [0.29, 0.717) is 32.5 Å². The lowest BCUT2D eigenvalue weighted by Crippen LogP contribution is -2.42. The number of rotatable bonds is 4. The first-order valence-electron chi connectivity index (χ1n) is 8.02. The van der Waals surface area contributed by atoms with E-state index in [0.717, 1.165) is 12.0 Å². The Labute approximate surface area is 136 Å². The number of phenols is 1. The number of carbonyl (C=O) groups is 2. The normalized spacial score (nSPS) is 21.6. The summed E-state index contributed by atoms with van der Waals surface area (Å²) in [6, 6.07) is 6.88. The van der Waals surface area contributed by atoms with Gasteiger partial charge in [-0.25, -0.2) is 0 Å². The average Bonchev–Trinajstić information content (AvgIpc) is 2.71. The van der Waals surface area contributed by atoms with Gasteiger partial charge in [-0.1, -0.05) is 12.1 Å². The molecule has 0 unspecified atom stereocenters. The van der Waals surface area contributed by atoms with E-state index in [1.807, 2.05) is 12.1 Å². The zero-order chi connectivity index (χ0) is 16.8. The summed E-state index contributed by atoms with van der Waals surface area (Å²) in [5, 5.41) is 12.2. The molecule has 0 radical (unpaired) electrons. The largest absolute Gasteiger partial charge is 0.508 e. The number of nitrogens with one attached hydrogen (secondary N) is 1. The van der Waals surface area contributed by atoms with Crippen LogP contribution in [0.5, 0.6) is 5.75 Å². The first kappa shape index (κ1) is 17.3. The van der Waals surface area contributed by atoms with Crippen molar-refractivity contribution in [1.82, 2.24) is 10.2 Å². The molecule has 6 heteroatoms. The van der Waals surface area contributed by atoms with Gasteiger partial charge in [0.2, 0.25) is 11.8 Å². The second kappa shape index (κ2) is 7.97. The summed E-state index contributed by atoms with van der Waals surface area (Å²) in [6.07, 6.45) is 2.16. The number of benzene rings is 1. The third-order valence-corrected chi connectivity index (χ3v) is 4.25. The van der Waals surface area contributed by atoms with Crippen molar-refractivity contribution in [1.29, 1.82) is 0 Å². The van der Waals surface area contributed by atoms with Crippen LogP contribution < -0.4 is 11.1 Å². The van der Waals surface area contributed by atoms with Crippen molar-refractivity contribution in [2.75, 3.05) is 19.6 Å². The summed E-state index contributed by atoms with van der Waals surface area (Å²) in [6.45, 7) is 3.00. The minimum Gasteiger partial charge on any atom is -0.508 e. The average molecular weight is 319 g/mol. The number of nitrogens with two attached hydrogens (primary N) is 1. The molecular formula is C17H25N3O3. The van der Waals surface area contributed by atoms with Gasteiger partial charge in [-0.15, -0.1) is 0 Å². The zero-order valence-corrected chi connectivity index (χ0v) is 13.5. The van der Waals surface area contributed by atoms with Gasteiger partial charge in [0, 0.05) is 32.6 Å². The maximum atomic E-state index is 12.3. The monoisotopic (exact) mass is 319 g/mol. The van der Waals surface area contributed by atoms with Crippen LogP contribution in [0, 0.1) is 5.92 Å². The van der Waals surface area contributed by atoms with Gasteiger partial charge in [-0.2, -0.15) is 0 Å². The van der Waals surface area contributed by atoms with E-state index in [9.17, 15) is 14.7 Å². The summed E-state index contributed by atoms with van der Waals surface area (Å²) in [4.78, 5) is 25.6. The molecule has 6 nitrogen and oxygen atoms in total. The van der Waals surface area contributed by atoms with E-state index in [-0.39, 0.29) is 29.5 Å². The Morgan fingerprint density at radius 3 is 2.61 bits per heavy atom. The Morgan fingerprint density at radius 1 is 1.26 bits per heavy atom. The maximum Gasteiger partial charge on any atom is 0.224 e. The lowest BCUT2D eigenvalue weighted by Gasteiger charge is -2.23. The van der Waals surface area contributed by atoms with Crippen LogP contribution in [0.15, 0.2) is 24.3 Å². The molecule has 0 aliphatic carbocycles. The van der Waals surface area contributed by atoms with E-state index >= 15 is 0 Å². The lowest BCUT2D eigenvalue weighted by atomic mass is 10.0. The Bertz CT molecular complexity index is 545. The molecule has 0 spiro atoms. The molecule has 0 aromatic heterocycles. The van der Waals surface area contributed by atoms with Gasteiger partial charge in [0.05, 0.1) is 5.92 Å². The van der Waals surface area contributed by atoms with E-state index in [4.69, 9.17) is 5.73 Å². The fraction of sp³-hybridized carbons (Fsp3) is 0.529. The van der Waals surface area contributed by atoms with Gasteiger partial charge < -0.3 is 21.1 Å². The third kappa shape index (κ3) is 5.25. The van der Waals surface area contributed by atoms with E-state index in [1.54, 1.807) is 17.0 Å². The van der Waals surface area contributed by atoms with Gasteiger partial charge in [0.25, 0.3) is 0 Å². The molecule has 1 saturated heterocycles. The molecule has 23 heavy (non-hydrogen) atoms. The number of nitrogens with zero attached hydrogens (tertiary/aromatic N) is 1. The molecule has 0 bridgehead atoms. The third-order valence-electron chi connectivity index (χ3n) is 4.25. The Balaban J connectivity index is 1.84. The van der Waals surface area contributed by atoms with Crippen LogP contribution in [0.1, 0.15) is 25.3 Å². The van der Waals surface area contributed by atoms with Crippen molar-refractivity contribution >= 4 is 11.8 Å². The van der Waals surface area contributed by atoms with E-state index in [1.165, 1.54) is 6.92 Å². The number of amides is 2. The van der Waals surface area contributed by atoms with Crippen molar-refractivity contribution in [2.24, 2.45) is 11.7 Å². The highest BCUT2D eigenvalue weighted by Gasteiger charge is 2.27. The minimum atomic E-state index is -0.202. The predicted molar refractivity (Wildman–Crippen MR) is 87.8 cm³/mol. The number of carbonyl (C=O) groups excluding carboxylic acids is 2. The smallest absolute Gasteiger partial charge is 0.224 e. The summed E-state index contributed by atoms with van der Waals surface area (Å²) in [7, 11) is 0. The molecule has 1 aromatic rings. The number of hydrogen-bond acceptors (Lipinski definition) is 4.